The topological polar surface area (TPSA) is 145 Å². The summed E-state index contributed by atoms with van der Waals surface area (Å²) < 4.78 is 76.1. The lowest BCUT2D eigenvalue weighted by Gasteiger charge is -2.34. The van der Waals surface area contributed by atoms with E-state index in [-0.39, 0.29) is 41.9 Å². The number of carbonyl (C=O) groups is 2. The van der Waals surface area contributed by atoms with E-state index < -0.39 is 39.1 Å². The Hall–Kier alpha value is -4.63. The molecule has 0 saturated carbocycles. The van der Waals surface area contributed by atoms with Crippen LogP contribution in [0.1, 0.15) is 39.2 Å². The largest absolute Gasteiger partial charge is 0.471 e. The van der Waals surface area contributed by atoms with Crippen molar-refractivity contribution < 1.29 is 40.4 Å². The lowest BCUT2D eigenvalue weighted by molar-refractivity contribution is -0.190. The van der Waals surface area contributed by atoms with Gasteiger partial charge in [-0.05, 0) is 44.4 Å². The van der Waals surface area contributed by atoms with E-state index >= 15 is 0 Å². The average Bonchev–Trinajstić information content (AvgIpc) is 3.54. The number of aromatic nitrogens is 3. The molecule has 2 amide bonds. The van der Waals surface area contributed by atoms with Gasteiger partial charge in [0.15, 0.2) is 27.1 Å². The van der Waals surface area contributed by atoms with E-state index in [1.54, 1.807) is 56.3 Å². The number of hydrogen-bond acceptors (Lipinski definition) is 9. The molecule has 47 heavy (non-hydrogen) atoms. The van der Waals surface area contributed by atoms with Crippen LogP contribution in [0.15, 0.2) is 70.2 Å². The van der Waals surface area contributed by atoms with E-state index in [4.69, 9.17) is 9.26 Å². The molecular formula is C32H32F3N5O6S. The molecule has 0 spiro atoms. The third-order valence-corrected chi connectivity index (χ3v) is 9.82. The Bertz CT molecular complexity index is 1850. The molecule has 2 aromatic heterocycles. The first kappa shape index (κ1) is 33.7. The Morgan fingerprint density at radius 3 is 2.21 bits per heavy atom. The number of benzene rings is 2. The highest BCUT2D eigenvalue weighted by Crippen LogP contribution is 2.32. The van der Waals surface area contributed by atoms with Gasteiger partial charge in [-0.15, -0.1) is 0 Å². The monoisotopic (exact) mass is 671 g/mol. The zero-order chi connectivity index (χ0) is 33.9. The highest BCUT2D eigenvalue weighted by atomic mass is 32.2. The Morgan fingerprint density at radius 1 is 1.00 bits per heavy atom. The highest BCUT2D eigenvalue weighted by Gasteiger charge is 2.44. The molecule has 0 radical (unpaired) electrons. The summed E-state index contributed by atoms with van der Waals surface area (Å²) in [5.41, 5.74) is 2.58. The fraction of sp³-hybridized carbons (Fsp3) is 0.344. The van der Waals surface area contributed by atoms with Crippen LogP contribution in [0.5, 0.6) is 0 Å². The van der Waals surface area contributed by atoms with E-state index in [9.17, 15) is 31.2 Å². The van der Waals surface area contributed by atoms with Crippen LogP contribution in [-0.2, 0) is 30.7 Å². The number of alkyl halides is 3. The molecule has 0 unspecified atom stereocenters. The van der Waals surface area contributed by atoms with Crippen molar-refractivity contribution in [1.82, 2.24) is 20.0 Å². The normalized spacial score (nSPS) is 14.3. The fourth-order valence-corrected chi connectivity index (χ4v) is 6.13. The van der Waals surface area contributed by atoms with Gasteiger partial charge in [-0.3, -0.25) is 9.59 Å². The minimum Gasteiger partial charge on any atom is -0.381 e. The van der Waals surface area contributed by atoms with E-state index in [2.05, 4.69) is 20.4 Å². The average molecular weight is 672 g/mol. The third kappa shape index (κ3) is 7.68. The quantitative estimate of drug-likeness (QED) is 0.238. The molecule has 4 aromatic rings. The van der Waals surface area contributed by atoms with E-state index in [0.717, 1.165) is 4.90 Å². The Labute approximate surface area is 269 Å². The second-order valence-electron chi connectivity index (χ2n) is 11.3. The van der Waals surface area contributed by atoms with Gasteiger partial charge in [0, 0.05) is 49.9 Å². The van der Waals surface area contributed by atoms with Crippen molar-refractivity contribution in [3.8, 4) is 34.0 Å². The van der Waals surface area contributed by atoms with Crippen LogP contribution in [-0.4, -0.2) is 70.9 Å². The van der Waals surface area contributed by atoms with Gasteiger partial charge in [0.05, 0.1) is 22.0 Å². The summed E-state index contributed by atoms with van der Waals surface area (Å²) in [7, 11) is -3.47. The Kier molecular flexibility index (Phi) is 9.77. The molecule has 15 heteroatoms. The summed E-state index contributed by atoms with van der Waals surface area (Å²) in [6.07, 6.45) is -2.93. The summed E-state index contributed by atoms with van der Waals surface area (Å²) in [6, 6.07) is 13.7. The molecule has 3 heterocycles. The lowest BCUT2D eigenvalue weighted by atomic mass is 10.0. The van der Waals surface area contributed by atoms with Gasteiger partial charge in [0.1, 0.15) is 5.69 Å². The number of halogens is 3. The van der Waals surface area contributed by atoms with Crippen LogP contribution >= 0.6 is 0 Å². The van der Waals surface area contributed by atoms with Crippen molar-refractivity contribution in [2.24, 2.45) is 0 Å². The number of amides is 2. The molecule has 1 saturated heterocycles. The molecule has 11 nitrogen and oxygen atoms in total. The fourth-order valence-electron chi connectivity index (χ4n) is 5.07. The van der Waals surface area contributed by atoms with E-state index in [1.807, 2.05) is 0 Å². The molecule has 1 aliphatic heterocycles. The van der Waals surface area contributed by atoms with Crippen LogP contribution in [0.3, 0.4) is 0 Å². The summed E-state index contributed by atoms with van der Waals surface area (Å²) in [6.45, 7) is 4.86. The van der Waals surface area contributed by atoms with Gasteiger partial charge < -0.3 is 19.5 Å². The maximum atomic E-state index is 13.4. The van der Waals surface area contributed by atoms with Gasteiger partial charge in [-0.1, -0.05) is 41.6 Å². The number of sulfone groups is 1. The Morgan fingerprint density at radius 2 is 1.62 bits per heavy atom. The van der Waals surface area contributed by atoms with Crippen molar-refractivity contribution in [2.45, 2.75) is 62.5 Å². The van der Waals surface area contributed by atoms with Gasteiger partial charge in [-0.2, -0.15) is 13.2 Å². The van der Waals surface area contributed by atoms with Crippen molar-refractivity contribution in [1.29, 1.82) is 0 Å². The zero-order valence-electron chi connectivity index (χ0n) is 25.7. The maximum absolute atomic E-state index is 13.4. The van der Waals surface area contributed by atoms with Crippen molar-refractivity contribution in [2.75, 3.05) is 18.5 Å². The van der Waals surface area contributed by atoms with E-state index in [1.165, 1.54) is 25.3 Å². The summed E-state index contributed by atoms with van der Waals surface area (Å²) in [4.78, 5) is 34.2. The van der Waals surface area contributed by atoms with Gasteiger partial charge >= 0.3 is 12.1 Å². The minimum atomic E-state index is -5.00. The molecule has 0 atom stereocenters. The summed E-state index contributed by atoms with van der Waals surface area (Å²) in [5, 5.41) is 6.15. The number of ether oxygens (including phenoxy) is 1. The first-order valence-corrected chi connectivity index (χ1v) is 16.3. The van der Waals surface area contributed by atoms with Crippen molar-refractivity contribution in [3.63, 3.8) is 0 Å². The molecular weight excluding hydrogens is 639 g/mol. The summed E-state index contributed by atoms with van der Waals surface area (Å²) in [5.74, 6) is -2.00. The first-order chi connectivity index (χ1) is 22.2. The number of anilines is 1. The van der Waals surface area contributed by atoms with Crippen molar-refractivity contribution in [3.05, 3.63) is 66.4 Å². The Balaban J connectivity index is 1.40. The molecule has 0 bridgehead atoms. The second-order valence-corrected chi connectivity index (χ2v) is 13.8. The standard InChI is InChI=1S/C32H32F3N5O6S/c1-19(2)47(43,44)25-10-8-23(9-11-25)27-17-36-30(37-20(3)41)29(38-27)28-16-26(39-46-28)22-6-4-21(5-7-22)18-40(31(42)32(33,34)35)24-12-14-45-15-13-24/h4-11,16-17,19,24H,12-15,18H2,1-3H3,(H,36,37,41). The van der Waals surface area contributed by atoms with Crippen LogP contribution in [0, 0.1) is 0 Å². The van der Waals surface area contributed by atoms with Gasteiger partial charge in [0.2, 0.25) is 5.91 Å². The van der Waals surface area contributed by atoms with Crippen LogP contribution < -0.4 is 5.32 Å². The number of hydrogen-bond donors (Lipinski definition) is 1. The zero-order valence-corrected chi connectivity index (χ0v) is 26.6. The number of nitrogens with zero attached hydrogens (tertiary/aromatic N) is 4. The molecule has 1 fully saturated rings. The van der Waals surface area contributed by atoms with Gasteiger partial charge in [0.25, 0.3) is 0 Å². The number of rotatable bonds is 9. The predicted octanol–water partition coefficient (Wildman–Crippen LogP) is 5.68. The highest BCUT2D eigenvalue weighted by molar-refractivity contribution is 7.92. The smallest absolute Gasteiger partial charge is 0.381 e. The molecule has 2 aromatic carbocycles. The molecule has 1 aliphatic rings. The van der Waals surface area contributed by atoms with Crippen LogP contribution in [0.25, 0.3) is 34.0 Å². The van der Waals surface area contributed by atoms with Crippen LogP contribution in [0.4, 0.5) is 19.0 Å². The third-order valence-electron chi connectivity index (χ3n) is 7.65. The SMILES string of the molecule is CC(=O)Nc1ncc(-c2ccc(S(=O)(=O)C(C)C)cc2)nc1-c1cc(-c2ccc(CN(C(=O)C(F)(F)F)C3CCOCC3)cc2)no1. The minimum absolute atomic E-state index is 0.112. The first-order valence-electron chi connectivity index (χ1n) is 14.7. The maximum Gasteiger partial charge on any atom is 0.471 e. The molecule has 248 valence electrons. The predicted molar refractivity (Wildman–Crippen MR) is 165 cm³/mol. The lowest BCUT2D eigenvalue weighted by Crippen LogP contribution is -2.48. The molecule has 0 aliphatic carbocycles. The molecule has 5 rings (SSSR count). The van der Waals surface area contributed by atoms with Gasteiger partial charge in [-0.25, -0.2) is 18.4 Å². The van der Waals surface area contributed by atoms with Crippen molar-refractivity contribution >= 4 is 27.5 Å². The number of carbonyl (C=O) groups excluding carboxylic acids is 2. The summed E-state index contributed by atoms with van der Waals surface area (Å²) >= 11 is 0. The molecule has 1 N–H and O–H groups in total. The second kappa shape index (κ2) is 13.6. The number of nitrogens with one attached hydrogen (secondary N) is 1. The van der Waals surface area contributed by atoms with E-state index in [0.29, 0.717) is 40.9 Å². The van der Waals surface area contributed by atoms with Crippen LogP contribution in [0.2, 0.25) is 0 Å².